The molecule has 0 spiro atoms. The summed E-state index contributed by atoms with van der Waals surface area (Å²) >= 11 is 2.24. The molecule has 3 N–H and O–H groups in total. The lowest BCUT2D eigenvalue weighted by atomic mass is 10.1. The normalized spacial score (nSPS) is 10.8. The van der Waals surface area contributed by atoms with Crippen molar-refractivity contribution in [3.63, 3.8) is 0 Å². The smallest absolute Gasteiger partial charge is 0.250 e. The average molecular weight is 363 g/mol. The van der Waals surface area contributed by atoms with Gasteiger partial charge in [0, 0.05) is 32.6 Å². The topological polar surface area (TPSA) is 71.8 Å². The SMILES string of the molecule is NC(=O)c1ccc(I)c2cc(-c3cccnc3)[nH]c12. The van der Waals surface area contributed by atoms with Crippen LogP contribution >= 0.6 is 22.6 Å². The number of benzene rings is 1. The number of primary amides is 1. The van der Waals surface area contributed by atoms with E-state index in [0.29, 0.717) is 5.56 Å². The van der Waals surface area contributed by atoms with E-state index in [4.69, 9.17) is 5.73 Å². The number of carbonyl (C=O) groups is 1. The number of nitrogens with two attached hydrogens (primary N) is 1. The van der Waals surface area contributed by atoms with Gasteiger partial charge in [0.15, 0.2) is 0 Å². The monoisotopic (exact) mass is 363 g/mol. The van der Waals surface area contributed by atoms with E-state index in [0.717, 1.165) is 25.7 Å². The zero-order chi connectivity index (χ0) is 13.4. The highest BCUT2D eigenvalue weighted by atomic mass is 127. The van der Waals surface area contributed by atoms with Gasteiger partial charge in [0.1, 0.15) is 0 Å². The van der Waals surface area contributed by atoms with E-state index in [2.05, 4.69) is 32.6 Å². The Morgan fingerprint density at radius 3 is 2.84 bits per heavy atom. The molecule has 1 amide bonds. The molecular formula is C14H10IN3O. The molecule has 2 aromatic heterocycles. The summed E-state index contributed by atoms with van der Waals surface area (Å²) < 4.78 is 1.07. The van der Waals surface area contributed by atoms with Gasteiger partial charge in [-0.25, -0.2) is 0 Å². The second kappa shape index (κ2) is 4.65. The Balaban J connectivity index is 2.29. The summed E-state index contributed by atoms with van der Waals surface area (Å²) in [7, 11) is 0. The Morgan fingerprint density at radius 1 is 1.32 bits per heavy atom. The maximum Gasteiger partial charge on any atom is 0.250 e. The molecule has 0 saturated carbocycles. The van der Waals surface area contributed by atoms with E-state index in [9.17, 15) is 4.79 Å². The number of rotatable bonds is 2. The van der Waals surface area contributed by atoms with Crippen molar-refractivity contribution < 1.29 is 4.79 Å². The number of aromatic amines is 1. The molecule has 94 valence electrons. The minimum absolute atomic E-state index is 0.430. The number of H-pyrrole nitrogens is 1. The minimum Gasteiger partial charge on any atom is -0.366 e. The third kappa shape index (κ3) is 2.10. The van der Waals surface area contributed by atoms with E-state index in [1.54, 1.807) is 18.5 Å². The summed E-state index contributed by atoms with van der Waals surface area (Å²) in [6.07, 6.45) is 3.51. The van der Waals surface area contributed by atoms with E-state index < -0.39 is 5.91 Å². The van der Waals surface area contributed by atoms with Crippen molar-refractivity contribution >= 4 is 39.4 Å². The van der Waals surface area contributed by atoms with Crippen LogP contribution < -0.4 is 5.73 Å². The Hall–Kier alpha value is -1.89. The van der Waals surface area contributed by atoms with Crippen LogP contribution in [0.2, 0.25) is 0 Å². The van der Waals surface area contributed by atoms with Crippen molar-refractivity contribution in [3.8, 4) is 11.3 Å². The van der Waals surface area contributed by atoms with Gasteiger partial charge in [-0.3, -0.25) is 9.78 Å². The molecule has 0 aliphatic rings. The molecule has 0 aliphatic heterocycles. The molecule has 3 aromatic rings. The Morgan fingerprint density at radius 2 is 2.16 bits per heavy atom. The van der Waals surface area contributed by atoms with Crippen LogP contribution in [0.15, 0.2) is 42.7 Å². The molecule has 0 aliphatic carbocycles. The van der Waals surface area contributed by atoms with Crippen molar-refractivity contribution in [2.75, 3.05) is 0 Å². The molecule has 0 bridgehead atoms. The van der Waals surface area contributed by atoms with Gasteiger partial charge in [-0.15, -0.1) is 0 Å². The zero-order valence-electron chi connectivity index (χ0n) is 9.85. The maximum absolute atomic E-state index is 11.5. The fraction of sp³-hybridized carbons (Fsp3) is 0. The summed E-state index contributed by atoms with van der Waals surface area (Å²) in [4.78, 5) is 18.8. The molecule has 0 unspecified atom stereocenters. The van der Waals surface area contributed by atoms with Gasteiger partial charge in [-0.1, -0.05) is 0 Å². The quantitative estimate of drug-likeness (QED) is 0.688. The van der Waals surface area contributed by atoms with Gasteiger partial charge in [-0.2, -0.15) is 0 Å². The molecule has 19 heavy (non-hydrogen) atoms. The second-order valence-electron chi connectivity index (χ2n) is 4.17. The number of halogens is 1. The standard InChI is InChI=1S/C14H10IN3O/c15-11-4-3-9(14(16)19)13-10(11)6-12(18-13)8-2-1-5-17-7-8/h1-7,18H,(H2,16,19). The summed E-state index contributed by atoms with van der Waals surface area (Å²) in [5.74, 6) is -0.430. The largest absolute Gasteiger partial charge is 0.366 e. The molecule has 3 rings (SSSR count). The molecule has 1 aromatic carbocycles. The van der Waals surface area contributed by atoms with Crippen LogP contribution in [0.5, 0.6) is 0 Å². The molecule has 5 heteroatoms. The van der Waals surface area contributed by atoms with Crippen molar-refractivity contribution in [2.24, 2.45) is 5.73 Å². The number of fused-ring (bicyclic) bond motifs is 1. The van der Waals surface area contributed by atoms with Crippen molar-refractivity contribution in [1.82, 2.24) is 9.97 Å². The van der Waals surface area contributed by atoms with Crippen molar-refractivity contribution in [3.05, 3.63) is 51.9 Å². The lowest BCUT2D eigenvalue weighted by Gasteiger charge is -1.99. The first-order valence-electron chi connectivity index (χ1n) is 5.68. The predicted molar refractivity (Wildman–Crippen MR) is 82.8 cm³/mol. The van der Waals surface area contributed by atoms with Crippen LogP contribution in [0, 0.1) is 3.57 Å². The highest BCUT2D eigenvalue weighted by Crippen LogP contribution is 2.29. The summed E-state index contributed by atoms with van der Waals surface area (Å²) in [5, 5.41) is 0.996. The second-order valence-corrected chi connectivity index (χ2v) is 5.33. The Labute approximate surface area is 123 Å². The van der Waals surface area contributed by atoms with E-state index >= 15 is 0 Å². The van der Waals surface area contributed by atoms with Gasteiger partial charge in [0.25, 0.3) is 5.91 Å². The lowest BCUT2D eigenvalue weighted by Crippen LogP contribution is -2.11. The number of hydrogen-bond acceptors (Lipinski definition) is 2. The first-order chi connectivity index (χ1) is 9.16. The fourth-order valence-electron chi connectivity index (χ4n) is 2.07. The lowest BCUT2D eigenvalue weighted by molar-refractivity contribution is 0.100. The van der Waals surface area contributed by atoms with Gasteiger partial charge < -0.3 is 10.7 Å². The highest BCUT2D eigenvalue weighted by molar-refractivity contribution is 14.1. The molecule has 4 nitrogen and oxygen atoms in total. The molecule has 0 saturated heterocycles. The Bertz CT molecular complexity index is 765. The van der Waals surface area contributed by atoms with Crippen LogP contribution in [0.25, 0.3) is 22.2 Å². The van der Waals surface area contributed by atoms with Crippen LogP contribution in [0.3, 0.4) is 0 Å². The van der Waals surface area contributed by atoms with Gasteiger partial charge >= 0.3 is 0 Å². The molecule has 2 heterocycles. The van der Waals surface area contributed by atoms with Gasteiger partial charge in [0.05, 0.1) is 11.1 Å². The Kier molecular flexibility index (Phi) is 2.98. The first-order valence-corrected chi connectivity index (χ1v) is 6.76. The average Bonchev–Trinajstić information content (AvgIpc) is 2.85. The zero-order valence-corrected chi connectivity index (χ0v) is 12.0. The predicted octanol–water partition coefficient (Wildman–Crippen LogP) is 2.93. The van der Waals surface area contributed by atoms with E-state index in [1.165, 1.54) is 0 Å². The molecule has 0 radical (unpaired) electrons. The summed E-state index contributed by atoms with van der Waals surface area (Å²) in [6, 6.07) is 9.50. The molecular weight excluding hydrogens is 353 g/mol. The third-order valence-corrected chi connectivity index (χ3v) is 3.92. The number of amides is 1. The van der Waals surface area contributed by atoms with E-state index in [1.807, 2.05) is 24.3 Å². The number of carbonyl (C=O) groups excluding carboxylic acids is 1. The van der Waals surface area contributed by atoms with Gasteiger partial charge in [0.2, 0.25) is 0 Å². The van der Waals surface area contributed by atoms with Crippen LogP contribution in [0.1, 0.15) is 10.4 Å². The summed E-state index contributed by atoms with van der Waals surface area (Å²) in [6.45, 7) is 0. The number of nitrogens with zero attached hydrogens (tertiary/aromatic N) is 1. The number of pyridine rings is 1. The first kappa shape index (κ1) is 12.2. The number of aromatic nitrogens is 2. The van der Waals surface area contributed by atoms with E-state index in [-0.39, 0.29) is 0 Å². The van der Waals surface area contributed by atoms with Gasteiger partial charge in [-0.05, 0) is 52.9 Å². The number of hydrogen-bond donors (Lipinski definition) is 2. The molecule has 0 fully saturated rings. The minimum atomic E-state index is -0.430. The van der Waals surface area contributed by atoms with Crippen LogP contribution in [-0.4, -0.2) is 15.9 Å². The fourth-order valence-corrected chi connectivity index (χ4v) is 2.67. The maximum atomic E-state index is 11.5. The third-order valence-electron chi connectivity index (χ3n) is 2.98. The highest BCUT2D eigenvalue weighted by Gasteiger charge is 2.12. The molecule has 0 atom stereocenters. The van der Waals surface area contributed by atoms with Crippen LogP contribution in [0.4, 0.5) is 0 Å². The number of nitrogens with one attached hydrogen (secondary N) is 1. The summed E-state index contributed by atoms with van der Waals surface area (Å²) in [5.41, 5.74) is 8.59. The van der Waals surface area contributed by atoms with Crippen molar-refractivity contribution in [1.29, 1.82) is 0 Å². The van der Waals surface area contributed by atoms with Crippen molar-refractivity contribution in [2.45, 2.75) is 0 Å². The van der Waals surface area contributed by atoms with Crippen LogP contribution in [-0.2, 0) is 0 Å².